The number of fused-ring (bicyclic) bond motifs is 1. The summed E-state index contributed by atoms with van der Waals surface area (Å²) in [4.78, 5) is 8.55. The maximum absolute atomic E-state index is 6.35. The quantitative estimate of drug-likeness (QED) is 0.350. The van der Waals surface area contributed by atoms with Gasteiger partial charge in [0, 0.05) is 26.4 Å². The third-order valence-electron chi connectivity index (χ3n) is 3.92. The zero-order chi connectivity index (χ0) is 17.2. The summed E-state index contributed by atoms with van der Waals surface area (Å²) in [6.45, 7) is 8.29. The van der Waals surface area contributed by atoms with E-state index in [2.05, 4.69) is 47.9 Å². The molecule has 0 atom stereocenters. The normalized spacial score (nSPS) is 12.0. The molecule has 4 nitrogen and oxygen atoms in total. The monoisotopic (exact) mass is 359 g/mol. The topological polar surface area (TPSA) is 39.9 Å². The van der Waals surface area contributed by atoms with Crippen molar-refractivity contribution in [3.05, 3.63) is 48.0 Å². The SMILES string of the molecule is C[Si](C)(C)CCOCn1cc(-c2ccccc2)c2c(Cl)ncnc21. The van der Waals surface area contributed by atoms with Crippen molar-refractivity contribution < 1.29 is 4.74 Å². The fourth-order valence-electron chi connectivity index (χ4n) is 2.56. The van der Waals surface area contributed by atoms with Crippen molar-refractivity contribution >= 4 is 30.7 Å². The van der Waals surface area contributed by atoms with Crippen LogP contribution in [0.15, 0.2) is 42.9 Å². The summed E-state index contributed by atoms with van der Waals surface area (Å²) in [5, 5.41) is 1.35. The van der Waals surface area contributed by atoms with E-state index in [9.17, 15) is 0 Å². The van der Waals surface area contributed by atoms with Gasteiger partial charge in [0.05, 0.1) is 5.39 Å². The van der Waals surface area contributed by atoms with E-state index in [0.29, 0.717) is 11.9 Å². The van der Waals surface area contributed by atoms with Crippen LogP contribution in [0, 0.1) is 0 Å². The van der Waals surface area contributed by atoms with Gasteiger partial charge in [-0.05, 0) is 11.6 Å². The number of rotatable bonds is 6. The van der Waals surface area contributed by atoms with Crippen LogP contribution in [0.1, 0.15) is 0 Å². The van der Waals surface area contributed by atoms with Crippen LogP contribution >= 0.6 is 11.6 Å². The number of halogens is 1. The largest absolute Gasteiger partial charge is 0.361 e. The molecule has 0 unspecified atom stereocenters. The van der Waals surface area contributed by atoms with Gasteiger partial charge in [-0.25, -0.2) is 9.97 Å². The highest BCUT2D eigenvalue weighted by Crippen LogP contribution is 2.33. The van der Waals surface area contributed by atoms with E-state index >= 15 is 0 Å². The molecule has 6 heteroatoms. The number of nitrogens with zero attached hydrogens (tertiary/aromatic N) is 3. The predicted octanol–water partition coefficient (Wildman–Crippen LogP) is 5.06. The van der Waals surface area contributed by atoms with Crippen molar-refractivity contribution in [3.8, 4) is 11.1 Å². The Kier molecular flexibility index (Phi) is 5.03. The molecular formula is C18H22ClN3OSi. The van der Waals surface area contributed by atoms with Crippen LogP contribution in [0.5, 0.6) is 0 Å². The number of hydrogen-bond acceptors (Lipinski definition) is 3. The molecule has 1 aromatic carbocycles. The highest BCUT2D eigenvalue weighted by atomic mass is 35.5. The number of aromatic nitrogens is 3. The van der Waals surface area contributed by atoms with Gasteiger partial charge in [-0.3, -0.25) is 0 Å². The number of benzene rings is 1. The second-order valence-electron chi connectivity index (χ2n) is 7.09. The van der Waals surface area contributed by atoms with Crippen LogP contribution < -0.4 is 0 Å². The standard InChI is InChI=1S/C18H22ClN3OSi/c1-24(2,3)10-9-23-13-22-11-15(14-7-5-4-6-8-14)16-17(19)20-12-21-18(16)22/h4-8,11-12H,9-10,13H2,1-3H3. The maximum atomic E-state index is 6.35. The van der Waals surface area contributed by atoms with Gasteiger partial charge >= 0.3 is 0 Å². The Morgan fingerprint density at radius 1 is 1.12 bits per heavy atom. The minimum absolute atomic E-state index is 0.472. The fourth-order valence-corrected chi connectivity index (χ4v) is 3.55. The lowest BCUT2D eigenvalue weighted by molar-refractivity contribution is 0.0899. The Hall–Kier alpha value is -1.69. The van der Waals surface area contributed by atoms with E-state index in [1.54, 1.807) is 0 Å². The molecule has 0 saturated heterocycles. The Labute approximate surface area is 148 Å². The summed E-state index contributed by atoms with van der Waals surface area (Å²) in [7, 11) is -1.09. The van der Waals surface area contributed by atoms with Crippen LogP contribution in [-0.4, -0.2) is 29.2 Å². The molecule has 3 rings (SSSR count). The number of ether oxygens (including phenoxy) is 1. The zero-order valence-electron chi connectivity index (χ0n) is 14.3. The second-order valence-corrected chi connectivity index (χ2v) is 13.1. The molecule has 0 aliphatic rings. The molecule has 0 spiro atoms. The molecule has 3 aromatic rings. The molecule has 0 bridgehead atoms. The van der Waals surface area contributed by atoms with Crippen LogP contribution in [0.4, 0.5) is 0 Å². The Bertz CT molecular complexity index is 827. The highest BCUT2D eigenvalue weighted by Gasteiger charge is 2.16. The van der Waals surface area contributed by atoms with Crippen LogP contribution in [0.2, 0.25) is 30.8 Å². The molecule has 0 saturated carbocycles. The van der Waals surface area contributed by atoms with Crippen LogP contribution in [0.25, 0.3) is 22.2 Å². The second kappa shape index (κ2) is 7.05. The molecule has 0 radical (unpaired) electrons. The summed E-state index contributed by atoms with van der Waals surface area (Å²) in [6.07, 6.45) is 3.55. The van der Waals surface area contributed by atoms with Crippen molar-refractivity contribution in [2.75, 3.05) is 6.61 Å². The molecule has 24 heavy (non-hydrogen) atoms. The summed E-state index contributed by atoms with van der Waals surface area (Å²) < 4.78 is 7.90. The third-order valence-corrected chi connectivity index (χ3v) is 5.91. The van der Waals surface area contributed by atoms with Crippen LogP contribution in [-0.2, 0) is 11.5 Å². The van der Waals surface area contributed by atoms with Crippen molar-refractivity contribution in [1.29, 1.82) is 0 Å². The molecule has 0 N–H and O–H groups in total. The van der Waals surface area contributed by atoms with E-state index in [-0.39, 0.29) is 0 Å². The Morgan fingerprint density at radius 3 is 2.58 bits per heavy atom. The first-order valence-corrected chi connectivity index (χ1v) is 12.2. The van der Waals surface area contributed by atoms with Gasteiger partial charge in [0.15, 0.2) is 0 Å². The number of hydrogen-bond donors (Lipinski definition) is 0. The summed E-state index contributed by atoms with van der Waals surface area (Å²) in [5.74, 6) is 0. The minimum Gasteiger partial charge on any atom is -0.361 e. The maximum Gasteiger partial charge on any atom is 0.147 e. The van der Waals surface area contributed by atoms with Gasteiger partial charge in [-0.1, -0.05) is 61.6 Å². The molecule has 0 aliphatic carbocycles. The third kappa shape index (κ3) is 3.86. The summed E-state index contributed by atoms with van der Waals surface area (Å²) in [5.41, 5.74) is 2.94. The van der Waals surface area contributed by atoms with Crippen molar-refractivity contribution in [3.63, 3.8) is 0 Å². The molecule has 0 amide bonds. The van der Waals surface area contributed by atoms with E-state index in [4.69, 9.17) is 16.3 Å². The smallest absolute Gasteiger partial charge is 0.147 e. The van der Waals surface area contributed by atoms with E-state index < -0.39 is 8.07 Å². The Balaban J connectivity index is 1.91. The molecule has 2 aromatic heterocycles. The van der Waals surface area contributed by atoms with E-state index in [1.807, 2.05) is 22.8 Å². The predicted molar refractivity (Wildman–Crippen MR) is 102 cm³/mol. The fraction of sp³-hybridized carbons (Fsp3) is 0.333. The first kappa shape index (κ1) is 17.1. The molecule has 0 fully saturated rings. The van der Waals surface area contributed by atoms with Crippen molar-refractivity contribution in [2.24, 2.45) is 0 Å². The Morgan fingerprint density at radius 2 is 1.88 bits per heavy atom. The molecule has 126 valence electrons. The lowest BCUT2D eigenvalue weighted by Gasteiger charge is -2.15. The average Bonchev–Trinajstić information content (AvgIpc) is 2.92. The van der Waals surface area contributed by atoms with Crippen molar-refractivity contribution in [1.82, 2.24) is 14.5 Å². The minimum atomic E-state index is -1.09. The molecular weight excluding hydrogens is 338 g/mol. The van der Waals surface area contributed by atoms with Crippen LogP contribution in [0.3, 0.4) is 0 Å². The van der Waals surface area contributed by atoms with E-state index in [0.717, 1.165) is 34.8 Å². The lowest BCUT2D eigenvalue weighted by atomic mass is 10.1. The van der Waals surface area contributed by atoms with Gasteiger partial charge in [-0.2, -0.15) is 0 Å². The van der Waals surface area contributed by atoms with Gasteiger partial charge in [0.1, 0.15) is 23.9 Å². The zero-order valence-corrected chi connectivity index (χ0v) is 16.0. The van der Waals surface area contributed by atoms with Gasteiger partial charge in [-0.15, -0.1) is 0 Å². The highest BCUT2D eigenvalue weighted by molar-refractivity contribution is 6.76. The lowest BCUT2D eigenvalue weighted by Crippen LogP contribution is -2.22. The first-order chi connectivity index (χ1) is 11.5. The van der Waals surface area contributed by atoms with Gasteiger partial charge in [0.2, 0.25) is 0 Å². The summed E-state index contributed by atoms with van der Waals surface area (Å²) >= 11 is 6.35. The van der Waals surface area contributed by atoms with Crippen molar-refractivity contribution in [2.45, 2.75) is 32.4 Å². The summed E-state index contributed by atoms with van der Waals surface area (Å²) in [6, 6.07) is 11.3. The van der Waals surface area contributed by atoms with Gasteiger partial charge < -0.3 is 9.30 Å². The first-order valence-electron chi connectivity index (χ1n) is 8.08. The average molecular weight is 360 g/mol. The van der Waals surface area contributed by atoms with E-state index in [1.165, 1.54) is 6.33 Å². The van der Waals surface area contributed by atoms with Gasteiger partial charge in [0.25, 0.3) is 0 Å². The molecule has 0 aliphatic heterocycles. The molecule has 2 heterocycles.